The van der Waals surface area contributed by atoms with Crippen LogP contribution in [0.4, 0.5) is 0 Å². The number of carbonyl (C=O) groups excluding carboxylic acids is 1. The van der Waals surface area contributed by atoms with Gasteiger partial charge in [0, 0.05) is 6.21 Å². The topological polar surface area (TPSA) is 102 Å². The molecule has 0 fully saturated rings. The molecule has 0 aromatic rings. The van der Waals surface area contributed by atoms with Gasteiger partial charge in [0.15, 0.2) is 5.54 Å². The molecule has 3 N–H and O–H groups in total. The third-order valence-electron chi connectivity index (χ3n) is 1.58. The zero-order chi connectivity index (χ0) is 12.1. The van der Waals surface area contributed by atoms with E-state index in [1.54, 1.807) is 13.8 Å². The van der Waals surface area contributed by atoms with Crippen molar-refractivity contribution in [1.82, 2.24) is 0 Å². The number of nitrogens with two attached hydrogens (primary N) is 1. The van der Waals surface area contributed by atoms with Gasteiger partial charge in [0.05, 0.1) is 7.11 Å². The average molecular weight is 214 g/mol. The molecule has 0 unspecified atom stereocenters. The molecule has 0 radical (unpaired) electrons. The van der Waals surface area contributed by atoms with Crippen LogP contribution in [0.1, 0.15) is 13.8 Å². The predicted octanol–water partition coefficient (Wildman–Crippen LogP) is -0.0640. The van der Waals surface area contributed by atoms with Gasteiger partial charge in [-0.1, -0.05) is 0 Å². The Kier molecular flexibility index (Phi) is 4.50. The SMILES string of the molecule is COC(=O)C(C)(C)N=CC=C(N)C(=O)O. The molecule has 84 valence electrons. The lowest BCUT2D eigenvalue weighted by atomic mass is 10.1. The van der Waals surface area contributed by atoms with E-state index in [4.69, 9.17) is 10.8 Å². The van der Waals surface area contributed by atoms with Crippen molar-refractivity contribution in [3.05, 3.63) is 11.8 Å². The standard InChI is InChI=1S/C9H14N2O4/c1-9(2,8(14)15-3)11-5-4-6(10)7(12)13/h4-5H,10H2,1-3H3,(H,12,13). The van der Waals surface area contributed by atoms with Crippen molar-refractivity contribution >= 4 is 18.2 Å². The quantitative estimate of drug-likeness (QED) is 0.387. The number of hydrogen-bond donors (Lipinski definition) is 2. The Morgan fingerprint density at radius 3 is 2.40 bits per heavy atom. The molecule has 0 heterocycles. The van der Waals surface area contributed by atoms with E-state index in [2.05, 4.69) is 9.73 Å². The second-order valence-corrected chi connectivity index (χ2v) is 3.26. The van der Waals surface area contributed by atoms with E-state index in [0.29, 0.717) is 0 Å². The number of carboxylic acids is 1. The normalized spacial score (nSPS) is 12.9. The Balaban J connectivity index is 4.60. The summed E-state index contributed by atoms with van der Waals surface area (Å²) in [5.74, 6) is -1.75. The predicted molar refractivity (Wildman–Crippen MR) is 54.5 cm³/mol. The fourth-order valence-corrected chi connectivity index (χ4v) is 0.678. The Hall–Kier alpha value is -1.85. The molecule has 6 nitrogen and oxygen atoms in total. The summed E-state index contributed by atoms with van der Waals surface area (Å²) < 4.78 is 4.50. The van der Waals surface area contributed by atoms with Gasteiger partial charge in [0.2, 0.25) is 0 Å². The molecule has 15 heavy (non-hydrogen) atoms. The minimum atomic E-state index is -1.24. The minimum absolute atomic E-state index is 0.348. The van der Waals surface area contributed by atoms with Gasteiger partial charge in [0.25, 0.3) is 0 Å². The number of allylic oxidation sites excluding steroid dienone is 1. The zero-order valence-electron chi connectivity index (χ0n) is 8.85. The Morgan fingerprint density at radius 1 is 1.47 bits per heavy atom. The number of esters is 1. The maximum absolute atomic E-state index is 11.1. The lowest BCUT2D eigenvalue weighted by Crippen LogP contribution is -2.30. The first-order valence-electron chi connectivity index (χ1n) is 4.14. The van der Waals surface area contributed by atoms with Crippen molar-refractivity contribution in [2.24, 2.45) is 10.7 Å². The van der Waals surface area contributed by atoms with Gasteiger partial charge < -0.3 is 15.6 Å². The van der Waals surface area contributed by atoms with Gasteiger partial charge in [-0.2, -0.15) is 0 Å². The molecule has 0 rings (SSSR count). The molecule has 0 aromatic heterocycles. The molecular formula is C9H14N2O4. The highest BCUT2D eigenvalue weighted by molar-refractivity contribution is 5.92. The number of ether oxygens (including phenoxy) is 1. The number of rotatable bonds is 4. The van der Waals surface area contributed by atoms with Crippen molar-refractivity contribution < 1.29 is 19.4 Å². The fourth-order valence-electron chi connectivity index (χ4n) is 0.678. The monoisotopic (exact) mass is 214 g/mol. The number of hydrogen-bond acceptors (Lipinski definition) is 5. The largest absolute Gasteiger partial charge is 0.477 e. The van der Waals surface area contributed by atoms with Crippen molar-refractivity contribution in [2.45, 2.75) is 19.4 Å². The highest BCUT2D eigenvalue weighted by Crippen LogP contribution is 2.09. The van der Waals surface area contributed by atoms with E-state index < -0.39 is 17.5 Å². The van der Waals surface area contributed by atoms with Gasteiger partial charge in [0.1, 0.15) is 5.70 Å². The number of methoxy groups -OCH3 is 1. The summed E-state index contributed by atoms with van der Waals surface area (Å²) in [5, 5.41) is 8.42. The van der Waals surface area contributed by atoms with Crippen molar-refractivity contribution in [3.63, 3.8) is 0 Å². The first-order valence-corrected chi connectivity index (χ1v) is 4.14. The number of aliphatic imine (C=N–C) groups is 1. The molecule has 0 amide bonds. The van der Waals surface area contributed by atoms with Crippen LogP contribution in [0.3, 0.4) is 0 Å². The van der Waals surface area contributed by atoms with Crippen LogP contribution < -0.4 is 5.73 Å². The van der Waals surface area contributed by atoms with Crippen LogP contribution in [0.2, 0.25) is 0 Å². The summed E-state index contributed by atoms with van der Waals surface area (Å²) in [6, 6.07) is 0. The fraction of sp³-hybridized carbons (Fsp3) is 0.444. The second kappa shape index (κ2) is 5.14. The van der Waals surface area contributed by atoms with E-state index in [0.717, 1.165) is 6.08 Å². The van der Waals surface area contributed by atoms with Gasteiger partial charge in [-0.05, 0) is 19.9 Å². The molecule has 6 heteroatoms. The highest BCUT2D eigenvalue weighted by Gasteiger charge is 2.26. The molecule has 0 aliphatic heterocycles. The lowest BCUT2D eigenvalue weighted by Gasteiger charge is -2.15. The number of carboxylic acid groups (broad SMARTS) is 1. The van der Waals surface area contributed by atoms with Crippen molar-refractivity contribution in [2.75, 3.05) is 7.11 Å². The van der Waals surface area contributed by atoms with E-state index in [-0.39, 0.29) is 5.70 Å². The Labute approximate surface area is 87.4 Å². The third kappa shape index (κ3) is 4.26. The summed E-state index contributed by atoms with van der Waals surface area (Å²) in [7, 11) is 1.25. The van der Waals surface area contributed by atoms with Gasteiger partial charge in [-0.25, -0.2) is 9.59 Å². The smallest absolute Gasteiger partial charge is 0.351 e. The van der Waals surface area contributed by atoms with Crippen LogP contribution in [0.15, 0.2) is 16.8 Å². The summed E-state index contributed by atoms with van der Waals surface area (Å²) in [5.41, 5.74) is 3.71. The molecule has 0 aliphatic rings. The first kappa shape index (κ1) is 13.2. The molecule has 0 bridgehead atoms. The van der Waals surface area contributed by atoms with E-state index in [1.807, 2.05) is 0 Å². The molecule has 0 atom stereocenters. The summed E-state index contributed by atoms with van der Waals surface area (Å²) >= 11 is 0. The van der Waals surface area contributed by atoms with E-state index >= 15 is 0 Å². The molecule has 0 aliphatic carbocycles. The maximum Gasteiger partial charge on any atom is 0.351 e. The molecule has 0 saturated carbocycles. The van der Waals surface area contributed by atoms with Crippen LogP contribution in [0, 0.1) is 0 Å². The van der Waals surface area contributed by atoms with Crippen LogP contribution in [-0.4, -0.2) is 35.9 Å². The van der Waals surface area contributed by atoms with Crippen LogP contribution in [0.5, 0.6) is 0 Å². The Morgan fingerprint density at radius 2 is 2.00 bits per heavy atom. The van der Waals surface area contributed by atoms with E-state index in [1.165, 1.54) is 13.3 Å². The molecule has 0 aromatic carbocycles. The summed E-state index contributed by atoms with van der Waals surface area (Å²) in [6.45, 7) is 3.08. The maximum atomic E-state index is 11.1. The Bertz CT molecular complexity index is 318. The minimum Gasteiger partial charge on any atom is -0.477 e. The lowest BCUT2D eigenvalue weighted by molar-refractivity contribution is -0.145. The van der Waals surface area contributed by atoms with Gasteiger partial charge >= 0.3 is 11.9 Å². The van der Waals surface area contributed by atoms with Crippen molar-refractivity contribution in [1.29, 1.82) is 0 Å². The zero-order valence-corrected chi connectivity index (χ0v) is 8.85. The number of aliphatic carboxylic acids is 1. The van der Waals surface area contributed by atoms with Gasteiger partial charge in [-0.3, -0.25) is 4.99 Å². The second-order valence-electron chi connectivity index (χ2n) is 3.26. The molecular weight excluding hydrogens is 200 g/mol. The van der Waals surface area contributed by atoms with Crippen molar-refractivity contribution in [3.8, 4) is 0 Å². The van der Waals surface area contributed by atoms with E-state index in [9.17, 15) is 9.59 Å². The molecule has 0 spiro atoms. The first-order chi connectivity index (χ1) is 6.81. The van der Waals surface area contributed by atoms with Crippen LogP contribution in [0.25, 0.3) is 0 Å². The average Bonchev–Trinajstić information content (AvgIpc) is 2.15. The van der Waals surface area contributed by atoms with Gasteiger partial charge in [-0.15, -0.1) is 0 Å². The molecule has 0 saturated heterocycles. The van der Waals surface area contributed by atoms with Crippen LogP contribution >= 0.6 is 0 Å². The number of carbonyl (C=O) groups is 2. The highest BCUT2D eigenvalue weighted by atomic mass is 16.5. The number of nitrogens with zero attached hydrogens (tertiary/aromatic N) is 1. The summed E-state index contributed by atoms with van der Waals surface area (Å²) in [4.78, 5) is 25.3. The summed E-state index contributed by atoms with van der Waals surface area (Å²) in [6.07, 6.45) is 2.27. The van der Waals surface area contributed by atoms with Crippen LogP contribution in [-0.2, 0) is 14.3 Å². The third-order valence-corrected chi connectivity index (χ3v) is 1.58.